The number of rotatable bonds is 3. The van der Waals surface area contributed by atoms with E-state index in [2.05, 4.69) is 0 Å². The molecular weight excluding hydrogens is 254 g/mol. The maximum absolute atomic E-state index is 12.6. The molecule has 0 aromatic carbocycles. The number of carboxylic acids is 1. The van der Waals surface area contributed by atoms with Crippen LogP contribution in [0.4, 0.5) is 8.78 Å². The summed E-state index contributed by atoms with van der Waals surface area (Å²) in [6, 6.07) is 1.56. The van der Waals surface area contributed by atoms with E-state index in [1.807, 2.05) is 0 Å². The molecule has 0 aliphatic carbocycles. The molecule has 0 unspecified atom stereocenters. The Kier molecular flexibility index (Phi) is 3.02. The van der Waals surface area contributed by atoms with Gasteiger partial charge in [0.1, 0.15) is 4.88 Å². The fourth-order valence-electron chi connectivity index (χ4n) is 1.38. The van der Waals surface area contributed by atoms with Crippen LogP contribution in [0.5, 0.6) is 0 Å². The zero-order valence-electron chi connectivity index (χ0n) is 7.81. The van der Waals surface area contributed by atoms with Gasteiger partial charge in [-0.2, -0.15) is 11.3 Å². The molecule has 2 rings (SSSR count). The van der Waals surface area contributed by atoms with Crippen LogP contribution < -0.4 is 0 Å². The molecule has 0 spiro atoms. The quantitative estimate of drug-likeness (QED) is 0.901. The lowest BCUT2D eigenvalue weighted by Gasteiger charge is -2.02. The molecule has 0 atom stereocenters. The van der Waals surface area contributed by atoms with Crippen LogP contribution in [0.2, 0.25) is 0 Å². The molecule has 2 aromatic heterocycles. The third kappa shape index (κ3) is 1.85. The molecule has 2 aromatic rings. The lowest BCUT2D eigenvalue weighted by Crippen LogP contribution is -1.95. The van der Waals surface area contributed by atoms with E-state index in [4.69, 9.17) is 5.11 Å². The van der Waals surface area contributed by atoms with Crippen LogP contribution in [-0.4, -0.2) is 11.1 Å². The number of alkyl halides is 2. The van der Waals surface area contributed by atoms with Crippen LogP contribution in [0, 0.1) is 0 Å². The minimum absolute atomic E-state index is 0.0975. The van der Waals surface area contributed by atoms with Gasteiger partial charge in [-0.1, -0.05) is 0 Å². The van der Waals surface area contributed by atoms with E-state index in [0.717, 1.165) is 22.7 Å². The molecule has 0 amide bonds. The molecule has 0 saturated carbocycles. The van der Waals surface area contributed by atoms with Gasteiger partial charge >= 0.3 is 5.97 Å². The van der Waals surface area contributed by atoms with Gasteiger partial charge < -0.3 is 5.11 Å². The minimum atomic E-state index is -2.58. The molecule has 0 aliphatic heterocycles. The first kappa shape index (κ1) is 11.2. The van der Waals surface area contributed by atoms with Gasteiger partial charge in [-0.05, 0) is 16.8 Å². The Morgan fingerprint density at radius 2 is 2.06 bits per heavy atom. The van der Waals surface area contributed by atoms with Gasteiger partial charge in [-0.25, -0.2) is 13.6 Å². The number of halogens is 2. The Morgan fingerprint density at radius 1 is 1.31 bits per heavy atom. The van der Waals surface area contributed by atoms with Crippen molar-refractivity contribution < 1.29 is 18.7 Å². The lowest BCUT2D eigenvalue weighted by atomic mass is 10.1. The normalized spacial score (nSPS) is 10.9. The van der Waals surface area contributed by atoms with Crippen molar-refractivity contribution in [1.29, 1.82) is 0 Å². The van der Waals surface area contributed by atoms with E-state index in [1.165, 1.54) is 5.38 Å². The summed E-state index contributed by atoms with van der Waals surface area (Å²) in [5, 5.41) is 13.4. The highest BCUT2D eigenvalue weighted by atomic mass is 32.1. The maximum atomic E-state index is 12.6. The summed E-state index contributed by atoms with van der Waals surface area (Å²) >= 11 is 2.18. The van der Waals surface area contributed by atoms with Crippen molar-refractivity contribution in [3.63, 3.8) is 0 Å². The highest BCUT2D eigenvalue weighted by molar-refractivity contribution is 7.12. The zero-order chi connectivity index (χ0) is 11.7. The highest BCUT2D eigenvalue weighted by Gasteiger charge is 2.20. The van der Waals surface area contributed by atoms with Crippen LogP contribution >= 0.6 is 22.7 Å². The largest absolute Gasteiger partial charge is 0.477 e. The van der Waals surface area contributed by atoms with Crippen LogP contribution in [-0.2, 0) is 0 Å². The predicted molar refractivity (Wildman–Crippen MR) is 59.5 cm³/mol. The summed E-state index contributed by atoms with van der Waals surface area (Å²) in [4.78, 5) is 11.0. The Hall–Kier alpha value is -1.27. The third-order valence-electron chi connectivity index (χ3n) is 2.08. The number of aromatic carboxylic acids is 1. The van der Waals surface area contributed by atoms with Crippen LogP contribution in [0.25, 0.3) is 11.1 Å². The first-order valence-electron chi connectivity index (χ1n) is 4.26. The topological polar surface area (TPSA) is 37.3 Å². The van der Waals surface area contributed by atoms with E-state index in [0.29, 0.717) is 11.1 Å². The van der Waals surface area contributed by atoms with Crippen LogP contribution in [0.15, 0.2) is 22.2 Å². The molecular formula is C10H6F2O2S2. The van der Waals surface area contributed by atoms with E-state index in [9.17, 15) is 13.6 Å². The molecule has 16 heavy (non-hydrogen) atoms. The van der Waals surface area contributed by atoms with Crippen molar-refractivity contribution in [1.82, 2.24) is 0 Å². The van der Waals surface area contributed by atoms with Crippen molar-refractivity contribution in [3.05, 3.63) is 32.6 Å². The predicted octanol–water partition coefficient (Wildman–Crippen LogP) is 4.11. The molecule has 0 radical (unpaired) electrons. The van der Waals surface area contributed by atoms with Gasteiger partial charge in [0.2, 0.25) is 0 Å². The molecule has 6 heteroatoms. The van der Waals surface area contributed by atoms with Crippen LogP contribution in [0.3, 0.4) is 0 Å². The van der Waals surface area contributed by atoms with Gasteiger partial charge in [-0.15, -0.1) is 11.3 Å². The second-order valence-corrected chi connectivity index (χ2v) is 4.67. The molecule has 0 saturated heterocycles. The molecule has 0 fully saturated rings. The Labute approximate surface area is 97.8 Å². The Morgan fingerprint density at radius 3 is 2.69 bits per heavy atom. The van der Waals surface area contributed by atoms with Gasteiger partial charge in [0.15, 0.2) is 0 Å². The smallest absolute Gasteiger partial charge is 0.346 e. The van der Waals surface area contributed by atoms with E-state index in [1.54, 1.807) is 16.8 Å². The Bertz CT molecular complexity index is 516. The average Bonchev–Trinajstić information content (AvgIpc) is 2.85. The number of thiophene rings is 2. The van der Waals surface area contributed by atoms with Crippen molar-refractivity contribution in [2.24, 2.45) is 0 Å². The second-order valence-electron chi connectivity index (χ2n) is 3.01. The van der Waals surface area contributed by atoms with Gasteiger partial charge in [0, 0.05) is 22.1 Å². The van der Waals surface area contributed by atoms with E-state index in [-0.39, 0.29) is 10.4 Å². The summed E-state index contributed by atoms with van der Waals surface area (Å²) in [6.45, 7) is 0. The van der Waals surface area contributed by atoms with Gasteiger partial charge in [0.25, 0.3) is 6.43 Å². The Balaban J connectivity index is 2.54. The average molecular weight is 260 g/mol. The summed E-state index contributed by atoms with van der Waals surface area (Å²) in [6.07, 6.45) is -2.58. The van der Waals surface area contributed by atoms with Crippen molar-refractivity contribution in [2.75, 3.05) is 0 Å². The third-order valence-corrected chi connectivity index (χ3v) is 3.74. The monoisotopic (exact) mass is 260 g/mol. The number of hydrogen-bond donors (Lipinski definition) is 1. The maximum Gasteiger partial charge on any atom is 0.346 e. The summed E-state index contributed by atoms with van der Waals surface area (Å²) in [5.74, 6) is -1.09. The fourth-order valence-corrected chi connectivity index (χ4v) is 2.97. The van der Waals surface area contributed by atoms with Gasteiger partial charge in [-0.3, -0.25) is 0 Å². The molecule has 2 nitrogen and oxygen atoms in total. The SMILES string of the molecule is O=C(O)c1sccc1-c1cscc1C(F)F. The van der Waals surface area contributed by atoms with Crippen molar-refractivity contribution in [2.45, 2.75) is 6.43 Å². The van der Waals surface area contributed by atoms with Gasteiger partial charge in [0.05, 0.1) is 0 Å². The molecule has 0 aliphatic rings. The van der Waals surface area contributed by atoms with E-state index < -0.39 is 12.4 Å². The van der Waals surface area contributed by atoms with Crippen molar-refractivity contribution >= 4 is 28.6 Å². The van der Waals surface area contributed by atoms with Crippen LogP contribution in [0.1, 0.15) is 21.7 Å². The number of hydrogen-bond acceptors (Lipinski definition) is 3. The fraction of sp³-hybridized carbons (Fsp3) is 0.100. The number of carbonyl (C=O) groups is 1. The summed E-state index contributed by atoms with van der Waals surface area (Å²) in [7, 11) is 0. The summed E-state index contributed by atoms with van der Waals surface area (Å²) < 4.78 is 25.3. The standard InChI is InChI=1S/C10H6F2O2S2/c11-9(12)7-4-15-3-6(7)5-1-2-16-8(5)10(13)14/h1-4,9H,(H,13,14). The molecule has 84 valence electrons. The second kappa shape index (κ2) is 4.31. The highest BCUT2D eigenvalue weighted by Crippen LogP contribution is 2.37. The minimum Gasteiger partial charge on any atom is -0.477 e. The molecule has 0 bridgehead atoms. The number of carboxylic acid groups (broad SMARTS) is 1. The van der Waals surface area contributed by atoms with E-state index >= 15 is 0 Å². The van der Waals surface area contributed by atoms with Crippen molar-refractivity contribution in [3.8, 4) is 11.1 Å². The zero-order valence-corrected chi connectivity index (χ0v) is 9.45. The molecule has 2 heterocycles. The lowest BCUT2D eigenvalue weighted by molar-refractivity contribution is 0.0702. The first-order chi connectivity index (χ1) is 7.61. The molecule has 1 N–H and O–H groups in total. The summed E-state index contributed by atoms with van der Waals surface area (Å²) in [5.41, 5.74) is 0.582. The first-order valence-corrected chi connectivity index (χ1v) is 6.09.